The van der Waals surface area contributed by atoms with Crippen LogP contribution in [0.5, 0.6) is 5.75 Å². The molecule has 0 aromatic heterocycles. The number of ether oxygens (including phenoxy) is 1. The molecule has 0 aliphatic heterocycles. The third kappa shape index (κ3) is 6.42. The number of anilines is 1. The van der Waals surface area contributed by atoms with Gasteiger partial charge in [-0.05, 0) is 37.1 Å². The molecule has 2 aromatic rings. The van der Waals surface area contributed by atoms with Crippen LogP contribution in [0.1, 0.15) is 25.3 Å². The largest absolute Gasteiger partial charge is 0.491 e. The Bertz CT molecular complexity index is 614. The number of carbonyl (C=O) groups is 1. The number of nitrogens with one attached hydrogen (secondary N) is 2. The van der Waals surface area contributed by atoms with E-state index in [4.69, 9.17) is 4.74 Å². The van der Waals surface area contributed by atoms with Crippen LogP contribution in [0.3, 0.4) is 0 Å². The molecule has 2 N–H and O–H groups in total. The average molecular weight is 326 g/mol. The van der Waals surface area contributed by atoms with Crippen LogP contribution < -0.4 is 15.4 Å². The van der Waals surface area contributed by atoms with E-state index in [0.717, 1.165) is 37.2 Å². The molecule has 24 heavy (non-hydrogen) atoms. The van der Waals surface area contributed by atoms with Crippen LogP contribution in [0, 0.1) is 0 Å². The van der Waals surface area contributed by atoms with Crippen LogP contribution in [-0.4, -0.2) is 25.6 Å². The van der Waals surface area contributed by atoms with Crippen molar-refractivity contribution in [2.75, 3.05) is 25.0 Å². The van der Waals surface area contributed by atoms with E-state index in [9.17, 15) is 4.79 Å². The minimum absolute atomic E-state index is 0.0606. The maximum atomic E-state index is 12.1. The highest BCUT2D eigenvalue weighted by Gasteiger charge is 2.07. The molecule has 0 fully saturated rings. The van der Waals surface area contributed by atoms with Crippen molar-refractivity contribution in [3.05, 3.63) is 60.2 Å². The maximum Gasteiger partial charge on any atom is 0.238 e. The van der Waals surface area contributed by atoms with Gasteiger partial charge in [0.1, 0.15) is 5.75 Å². The van der Waals surface area contributed by atoms with E-state index in [1.54, 1.807) is 0 Å². The smallest absolute Gasteiger partial charge is 0.238 e. The van der Waals surface area contributed by atoms with Crippen molar-refractivity contribution in [3.63, 3.8) is 0 Å². The first-order chi connectivity index (χ1) is 11.8. The first kappa shape index (κ1) is 18.0. The Morgan fingerprint density at radius 1 is 1.04 bits per heavy atom. The molecule has 2 aromatic carbocycles. The highest BCUT2D eigenvalue weighted by atomic mass is 16.5. The normalized spacial score (nSPS) is 10.4. The van der Waals surface area contributed by atoms with Gasteiger partial charge in [0.05, 0.1) is 18.8 Å². The molecule has 0 heterocycles. The zero-order valence-corrected chi connectivity index (χ0v) is 14.3. The van der Waals surface area contributed by atoms with E-state index >= 15 is 0 Å². The number of hydrogen-bond donors (Lipinski definition) is 2. The molecule has 4 nitrogen and oxygen atoms in total. The van der Waals surface area contributed by atoms with Gasteiger partial charge in [0, 0.05) is 0 Å². The monoisotopic (exact) mass is 326 g/mol. The van der Waals surface area contributed by atoms with Crippen molar-refractivity contribution in [2.24, 2.45) is 0 Å². The van der Waals surface area contributed by atoms with Gasteiger partial charge >= 0.3 is 0 Å². The number of unbranched alkanes of at least 4 members (excludes halogenated alkanes) is 1. The van der Waals surface area contributed by atoms with Crippen LogP contribution in [0.4, 0.5) is 5.69 Å². The molecule has 2 rings (SSSR count). The second-order valence-corrected chi connectivity index (χ2v) is 5.66. The number of hydrogen-bond acceptors (Lipinski definition) is 3. The van der Waals surface area contributed by atoms with Crippen molar-refractivity contribution in [2.45, 2.75) is 26.2 Å². The third-order valence-corrected chi connectivity index (χ3v) is 3.64. The van der Waals surface area contributed by atoms with Gasteiger partial charge in [-0.2, -0.15) is 0 Å². The van der Waals surface area contributed by atoms with Gasteiger partial charge in [0.2, 0.25) is 5.91 Å². The van der Waals surface area contributed by atoms with Crippen LogP contribution >= 0.6 is 0 Å². The Kier molecular flexibility index (Phi) is 7.84. The Balaban J connectivity index is 1.73. The predicted octanol–water partition coefficient (Wildman–Crippen LogP) is 3.64. The first-order valence-corrected chi connectivity index (χ1v) is 8.56. The number of para-hydroxylation sites is 2. The lowest BCUT2D eigenvalue weighted by Crippen LogP contribution is -2.29. The molecule has 0 radical (unpaired) electrons. The van der Waals surface area contributed by atoms with Gasteiger partial charge in [0.15, 0.2) is 0 Å². The predicted molar refractivity (Wildman–Crippen MR) is 98.5 cm³/mol. The van der Waals surface area contributed by atoms with Crippen LogP contribution in [0.25, 0.3) is 0 Å². The summed E-state index contributed by atoms with van der Waals surface area (Å²) in [7, 11) is 0. The maximum absolute atomic E-state index is 12.1. The fourth-order valence-electron chi connectivity index (χ4n) is 2.30. The summed E-state index contributed by atoms with van der Waals surface area (Å²) < 4.78 is 5.73. The molecular formula is C20H26N2O2. The molecule has 0 bridgehead atoms. The molecular weight excluding hydrogens is 300 g/mol. The van der Waals surface area contributed by atoms with E-state index in [-0.39, 0.29) is 12.5 Å². The van der Waals surface area contributed by atoms with Crippen molar-refractivity contribution < 1.29 is 9.53 Å². The molecule has 0 atom stereocenters. The topological polar surface area (TPSA) is 50.4 Å². The van der Waals surface area contributed by atoms with E-state index in [0.29, 0.717) is 6.61 Å². The summed E-state index contributed by atoms with van der Waals surface area (Å²) in [6.45, 7) is 3.85. The Labute approximate surface area is 144 Å². The van der Waals surface area contributed by atoms with E-state index in [1.807, 2.05) is 42.5 Å². The number of benzene rings is 2. The van der Waals surface area contributed by atoms with Crippen molar-refractivity contribution in [1.82, 2.24) is 5.32 Å². The Morgan fingerprint density at radius 2 is 1.79 bits per heavy atom. The molecule has 0 saturated carbocycles. The minimum atomic E-state index is -0.0606. The summed E-state index contributed by atoms with van der Waals surface area (Å²) in [6, 6.07) is 17.8. The Morgan fingerprint density at radius 3 is 2.58 bits per heavy atom. The zero-order valence-electron chi connectivity index (χ0n) is 14.3. The first-order valence-electron chi connectivity index (χ1n) is 8.56. The zero-order chi connectivity index (χ0) is 17.0. The number of rotatable bonds is 10. The van der Waals surface area contributed by atoms with Gasteiger partial charge in [-0.3, -0.25) is 4.79 Å². The highest BCUT2D eigenvalue weighted by Crippen LogP contribution is 2.23. The third-order valence-electron chi connectivity index (χ3n) is 3.64. The summed E-state index contributed by atoms with van der Waals surface area (Å²) >= 11 is 0. The lowest BCUT2D eigenvalue weighted by molar-refractivity contribution is -0.115. The van der Waals surface area contributed by atoms with Crippen molar-refractivity contribution in [3.8, 4) is 5.75 Å². The van der Waals surface area contributed by atoms with Gasteiger partial charge in [0.25, 0.3) is 0 Å². The average Bonchev–Trinajstić information content (AvgIpc) is 2.61. The molecule has 128 valence electrons. The molecule has 0 unspecified atom stereocenters. The van der Waals surface area contributed by atoms with Crippen LogP contribution in [0.2, 0.25) is 0 Å². The summed E-state index contributed by atoms with van der Waals surface area (Å²) in [5, 5.41) is 6.08. The van der Waals surface area contributed by atoms with Gasteiger partial charge in [-0.1, -0.05) is 55.8 Å². The van der Waals surface area contributed by atoms with Crippen molar-refractivity contribution in [1.29, 1.82) is 0 Å². The number of carbonyl (C=O) groups excluding carboxylic acids is 1. The molecule has 0 aliphatic rings. The summed E-state index contributed by atoms with van der Waals surface area (Å²) in [4.78, 5) is 12.1. The molecule has 4 heteroatoms. The van der Waals surface area contributed by atoms with Crippen molar-refractivity contribution >= 4 is 11.6 Å². The second-order valence-electron chi connectivity index (χ2n) is 5.66. The fraction of sp³-hybridized carbons (Fsp3) is 0.350. The van der Waals surface area contributed by atoms with E-state index in [2.05, 4.69) is 29.7 Å². The summed E-state index contributed by atoms with van der Waals surface area (Å²) in [6.07, 6.45) is 2.99. The SMILES string of the molecule is CCCCOc1ccccc1NC(=O)CNCCc1ccccc1. The van der Waals surface area contributed by atoms with Gasteiger partial charge in [-0.25, -0.2) is 0 Å². The molecule has 0 aliphatic carbocycles. The standard InChI is InChI=1S/C20H26N2O2/c1-2-3-15-24-19-12-8-7-11-18(19)22-20(23)16-21-14-13-17-9-5-4-6-10-17/h4-12,21H,2-3,13-16H2,1H3,(H,22,23). The lowest BCUT2D eigenvalue weighted by Gasteiger charge is -2.12. The molecule has 0 saturated heterocycles. The second kappa shape index (κ2) is 10.4. The highest BCUT2D eigenvalue weighted by molar-refractivity contribution is 5.93. The van der Waals surface area contributed by atoms with Crippen LogP contribution in [0.15, 0.2) is 54.6 Å². The number of amides is 1. The van der Waals surface area contributed by atoms with Gasteiger partial charge in [-0.15, -0.1) is 0 Å². The van der Waals surface area contributed by atoms with Crippen LogP contribution in [-0.2, 0) is 11.2 Å². The van der Waals surface area contributed by atoms with E-state index in [1.165, 1.54) is 5.56 Å². The van der Waals surface area contributed by atoms with E-state index < -0.39 is 0 Å². The fourth-order valence-corrected chi connectivity index (χ4v) is 2.30. The Hall–Kier alpha value is -2.33. The summed E-state index contributed by atoms with van der Waals surface area (Å²) in [5.41, 5.74) is 1.99. The molecule has 1 amide bonds. The lowest BCUT2D eigenvalue weighted by atomic mass is 10.1. The van der Waals surface area contributed by atoms with Gasteiger partial charge < -0.3 is 15.4 Å². The quantitative estimate of drug-likeness (QED) is 0.656. The molecule has 0 spiro atoms. The summed E-state index contributed by atoms with van der Waals surface area (Å²) in [5.74, 6) is 0.665. The minimum Gasteiger partial charge on any atom is -0.491 e.